The first-order chi connectivity index (χ1) is 6.77. The second-order valence-corrected chi connectivity index (χ2v) is 5.93. The molecule has 0 saturated carbocycles. The second-order valence-electron chi connectivity index (χ2n) is 3.43. The largest absolute Gasteiger partial charge is 0.297 e. The summed E-state index contributed by atoms with van der Waals surface area (Å²) < 4.78 is 4.55. The fourth-order valence-corrected chi connectivity index (χ4v) is 3.44. The first kappa shape index (κ1) is 10.7. The van der Waals surface area contributed by atoms with Gasteiger partial charge in [0.2, 0.25) is 0 Å². The molecule has 3 nitrogen and oxygen atoms in total. The lowest BCUT2D eigenvalue weighted by atomic mass is 10.2. The van der Waals surface area contributed by atoms with E-state index in [1.165, 1.54) is 29.5 Å². The summed E-state index contributed by atoms with van der Waals surface area (Å²) in [6, 6.07) is 0.678. The minimum Gasteiger partial charge on any atom is -0.297 e. The fourth-order valence-electron chi connectivity index (χ4n) is 1.53. The van der Waals surface area contributed by atoms with E-state index in [0.717, 1.165) is 16.6 Å². The third kappa shape index (κ3) is 2.39. The van der Waals surface area contributed by atoms with Gasteiger partial charge in [-0.25, -0.2) is 0 Å². The SMILES string of the molecule is CN(Cc1nnsc1Cl)C1CCSC1. The standard InChI is InChI=1S/C8H12ClN3S2/c1-12(6-2-3-13-5-6)4-7-8(9)14-11-10-7/h6H,2-5H2,1H3. The van der Waals surface area contributed by atoms with Gasteiger partial charge in [0.05, 0.1) is 0 Å². The van der Waals surface area contributed by atoms with Crippen molar-refractivity contribution in [2.45, 2.75) is 19.0 Å². The zero-order valence-corrected chi connectivity index (χ0v) is 10.3. The third-order valence-corrected chi connectivity index (χ3v) is 4.57. The zero-order valence-electron chi connectivity index (χ0n) is 7.94. The Labute approximate surface area is 97.0 Å². The van der Waals surface area contributed by atoms with Crippen LogP contribution in [0.25, 0.3) is 0 Å². The van der Waals surface area contributed by atoms with Crippen LogP contribution in [0, 0.1) is 0 Å². The predicted octanol–water partition coefficient (Wildman–Crippen LogP) is 2.13. The van der Waals surface area contributed by atoms with Crippen LogP contribution in [0.5, 0.6) is 0 Å². The van der Waals surface area contributed by atoms with Crippen LogP contribution in [0.2, 0.25) is 4.34 Å². The summed E-state index contributed by atoms with van der Waals surface area (Å²) in [5.74, 6) is 2.50. The van der Waals surface area contributed by atoms with E-state index in [2.05, 4.69) is 21.5 Å². The maximum atomic E-state index is 5.95. The second kappa shape index (κ2) is 4.79. The Morgan fingerprint density at radius 2 is 2.50 bits per heavy atom. The summed E-state index contributed by atoms with van der Waals surface area (Å²) in [4.78, 5) is 2.32. The molecule has 0 N–H and O–H groups in total. The number of aromatic nitrogens is 2. The summed E-state index contributed by atoms with van der Waals surface area (Å²) in [6.45, 7) is 0.820. The van der Waals surface area contributed by atoms with Gasteiger partial charge in [-0.2, -0.15) is 11.8 Å². The van der Waals surface area contributed by atoms with Crippen molar-refractivity contribution < 1.29 is 0 Å². The van der Waals surface area contributed by atoms with E-state index in [0.29, 0.717) is 6.04 Å². The lowest BCUT2D eigenvalue weighted by Crippen LogP contribution is -2.31. The summed E-state index contributed by atoms with van der Waals surface area (Å²) >= 11 is 9.23. The quantitative estimate of drug-likeness (QED) is 0.821. The number of hydrogen-bond acceptors (Lipinski definition) is 5. The lowest BCUT2D eigenvalue weighted by molar-refractivity contribution is 0.251. The molecule has 1 aromatic heterocycles. The maximum absolute atomic E-state index is 5.95. The van der Waals surface area contributed by atoms with E-state index >= 15 is 0 Å². The Kier molecular flexibility index (Phi) is 3.65. The average molecular weight is 250 g/mol. The monoisotopic (exact) mass is 249 g/mol. The van der Waals surface area contributed by atoms with Crippen LogP contribution < -0.4 is 0 Å². The molecular formula is C8H12ClN3S2. The Morgan fingerprint density at radius 3 is 3.07 bits per heavy atom. The van der Waals surface area contributed by atoms with Gasteiger partial charge < -0.3 is 0 Å². The highest BCUT2D eigenvalue weighted by Crippen LogP contribution is 2.24. The molecule has 0 spiro atoms. The van der Waals surface area contributed by atoms with Crippen LogP contribution in [0.3, 0.4) is 0 Å². The molecule has 1 atom stereocenters. The van der Waals surface area contributed by atoms with Crippen molar-refractivity contribution in [3.05, 3.63) is 10.0 Å². The van der Waals surface area contributed by atoms with Crippen molar-refractivity contribution in [1.82, 2.24) is 14.5 Å². The van der Waals surface area contributed by atoms with E-state index in [-0.39, 0.29) is 0 Å². The minimum atomic E-state index is 0.678. The first-order valence-corrected chi connectivity index (χ1v) is 6.82. The molecular weight excluding hydrogens is 238 g/mol. The Morgan fingerprint density at radius 1 is 1.64 bits per heavy atom. The highest BCUT2D eigenvalue weighted by atomic mass is 35.5. The molecule has 6 heteroatoms. The number of rotatable bonds is 3. The summed E-state index contributed by atoms with van der Waals surface area (Å²) in [5.41, 5.74) is 0.913. The Hall–Kier alpha value is 0.160. The number of halogens is 1. The zero-order chi connectivity index (χ0) is 9.97. The van der Waals surface area contributed by atoms with Gasteiger partial charge in [0.25, 0.3) is 0 Å². The third-order valence-electron chi connectivity index (χ3n) is 2.44. The van der Waals surface area contributed by atoms with Crippen molar-refractivity contribution in [3.8, 4) is 0 Å². The highest BCUT2D eigenvalue weighted by Gasteiger charge is 2.21. The molecule has 2 heterocycles. The molecule has 14 heavy (non-hydrogen) atoms. The van der Waals surface area contributed by atoms with Gasteiger partial charge in [0.15, 0.2) is 0 Å². The minimum absolute atomic E-state index is 0.678. The van der Waals surface area contributed by atoms with E-state index in [1.54, 1.807) is 0 Å². The lowest BCUT2D eigenvalue weighted by Gasteiger charge is -2.22. The van der Waals surface area contributed by atoms with Crippen LogP contribution in [0.15, 0.2) is 0 Å². The van der Waals surface area contributed by atoms with Gasteiger partial charge in [0.1, 0.15) is 10.0 Å². The van der Waals surface area contributed by atoms with Crippen LogP contribution in [-0.4, -0.2) is 39.1 Å². The van der Waals surface area contributed by atoms with Crippen molar-refractivity contribution in [3.63, 3.8) is 0 Å². The Bertz CT molecular complexity index is 299. The smallest absolute Gasteiger partial charge is 0.138 e. The molecule has 0 radical (unpaired) electrons. The van der Waals surface area contributed by atoms with Crippen LogP contribution >= 0.6 is 34.9 Å². The van der Waals surface area contributed by atoms with Gasteiger partial charge in [-0.3, -0.25) is 4.90 Å². The highest BCUT2D eigenvalue weighted by molar-refractivity contribution is 7.99. The fraction of sp³-hybridized carbons (Fsp3) is 0.750. The average Bonchev–Trinajstić information content (AvgIpc) is 2.77. The van der Waals surface area contributed by atoms with E-state index in [1.807, 2.05) is 11.8 Å². The van der Waals surface area contributed by atoms with Crippen molar-refractivity contribution in [1.29, 1.82) is 0 Å². The molecule has 0 amide bonds. The molecule has 0 bridgehead atoms. The van der Waals surface area contributed by atoms with Crippen molar-refractivity contribution in [2.75, 3.05) is 18.6 Å². The molecule has 0 aliphatic carbocycles. The maximum Gasteiger partial charge on any atom is 0.138 e. The summed E-state index contributed by atoms with van der Waals surface area (Å²) in [6.07, 6.45) is 1.27. The topological polar surface area (TPSA) is 29.0 Å². The van der Waals surface area contributed by atoms with Crippen LogP contribution in [0.1, 0.15) is 12.1 Å². The van der Waals surface area contributed by atoms with Gasteiger partial charge in [-0.1, -0.05) is 16.1 Å². The molecule has 1 aliphatic rings. The van der Waals surface area contributed by atoms with Crippen molar-refractivity contribution in [2.24, 2.45) is 0 Å². The Balaban J connectivity index is 1.93. The molecule has 1 aromatic rings. The number of thioether (sulfide) groups is 1. The van der Waals surface area contributed by atoms with Gasteiger partial charge in [0, 0.05) is 29.9 Å². The number of nitrogens with zero attached hydrogens (tertiary/aromatic N) is 3. The van der Waals surface area contributed by atoms with Gasteiger partial charge in [-0.05, 0) is 19.2 Å². The van der Waals surface area contributed by atoms with Gasteiger partial charge >= 0.3 is 0 Å². The van der Waals surface area contributed by atoms with E-state index in [4.69, 9.17) is 11.6 Å². The normalized spacial score (nSPS) is 22.1. The van der Waals surface area contributed by atoms with Crippen molar-refractivity contribution >= 4 is 34.9 Å². The molecule has 0 aromatic carbocycles. The predicted molar refractivity (Wildman–Crippen MR) is 62.1 cm³/mol. The van der Waals surface area contributed by atoms with Gasteiger partial charge in [-0.15, -0.1) is 5.10 Å². The van der Waals surface area contributed by atoms with Crippen LogP contribution in [0.4, 0.5) is 0 Å². The molecule has 1 saturated heterocycles. The molecule has 1 aliphatic heterocycles. The first-order valence-electron chi connectivity index (χ1n) is 4.52. The van der Waals surface area contributed by atoms with Crippen LogP contribution in [-0.2, 0) is 6.54 Å². The summed E-state index contributed by atoms with van der Waals surface area (Å²) in [5, 5.41) is 4.02. The number of hydrogen-bond donors (Lipinski definition) is 0. The molecule has 2 rings (SSSR count). The van der Waals surface area contributed by atoms with E-state index < -0.39 is 0 Å². The molecule has 1 unspecified atom stereocenters. The van der Waals surface area contributed by atoms with E-state index in [9.17, 15) is 0 Å². The summed E-state index contributed by atoms with van der Waals surface area (Å²) in [7, 11) is 2.13. The molecule has 1 fully saturated rings. The molecule has 78 valence electrons.